The average Bonchev–Trinajstić information content (AvgIpc) is 2.92. The van der Waals surface area contributed by atoms with E-state index >= 15 is 0 Å². The average molecular weight is 313 g/mol. The van der Waals surface area contributed by atoms with Gasteiger partial charge in [-0.3, -0.25) is 9.59 Å². The van der Waals surface area contributed by atoms with E-state index in [0.717, 1.165) is 0 Å². The maximum Gasteiger partial charge on any atom is 0.304 e. The highest BCUT2D eigenvalue weighted by molar-refractivity contribution is 7.96. The summed E-state index contributed by atoms with van der Waals surface area (Å²) in [6.07, 6.45) is -0.380. The Morgan fingerprint density at radius 3 is 2.33 bits per heavy atom. The van der Waals surface area contributed by atoms with E-state index in [1.807, 2.05) is 0 Å². The highest BCUT2D eigenvalue weighted by atomic mass is 32.1. The second-order valence-corrected chi connectivity index (χ2v) is 3.95. The third-order valence-corrected chi connectivity index (χ3v) is 2.60. The van der Waals surface area contributed by atoms with Gasteiger partial charge < -0.3 is 21.0 Å². The van der Waals surface area contributed by atoms with Crippen LogP contribution in [-0.4, -0.2) is 35.3 Å². The van der Waals surface area contributed by atoms with Gasteiger partial charge in [-0.05, 0) is 26.2 Å². The fourth-order valence-electron chi connectivity index (χ4n) is 1.49. The fraction of sp³-hybridized carbons (Fsp3) is 0.308. The van der Waals surface area contributed by atoms with Crippen molar-refractivity contribution in [1.29, 1.82) is 0 Å². The van der Waals surface area contributed by atoms with E-state index in [1.54, 1.807) is 24.3 Å². The summed E-state index contributed by atoms with van der Waals surface area (Å²) in [6.45, 7) is 0. The number of para-hydroxylation sites is 2. The van der Waals surface area contributed by atoms with Crippen molar-refractivity contribution in [3.63, 3.8) is 0 Å². The van der Waals surface area contributed by atoms with Gasteiger partial charge in [-0.2, -0.15) is 0 Å². The summed E-state index contributed by atoms with van der Waals surface area (Å²) in [5.41, 5.74) is 10.1. The van der Waals surface area contributed by atoms with Crippen LogP contribution < -0.4 is 11.5 Å². The van der Waals surface area contributed by atoms with Gasteiger partial charge in [-0.15, -0.1) is 12.6 Å². The molecule has 0 aliphatic heterocycles. The summed E-state index contributed by atoms with van der Waals surface area (Å²) in [6, 6.07) is 6.98. The quantitative estimate of drug-likeness (QED) is 0.619. The number of aliphatic carboxylic acids is 1. The zero-order valence-corrected chi connectivity index (χ0v) is 12.7. The standard InChI is InChI=1S/C11H9NO4S.2CH5N/c13-9(14)5-6(11(15)17)10-12-7-3-1-2-4-8(7)16-10;2*1-2/h1-4,6H,5H2,(H,13,14)(H,15,17);2*2H2,1H3. The fourth-order valence-corrected chi connectivity index (χ4v) is 1.70. The first-order chi connectivity index (χ1) is 10.1. The van der Waals surface area contributed by atoms with Gasteiger partial charge in [0.05, 0.1) is 6.42 Å². The predicted molar refractivity (Wildman–Crippen MR) is 83.2 cm³/mol. The number of oxazole rings is 1. The number of rotatable bonds is 4. The number of aromatic nitrogens is 1. The highest BCUT2D eigenvalue weighted by Gasteiger charge is 2.26. The third kappa shape index (κ3) is 5.54. The molecule has 0 saturated heterocycles. The molecule has 0 amide bonds. The summed E-state index contributed by atoms with van der Waals surface area (Å²) in [4.78, 5) is 26.0. The lowest BCUT2D eigenvalue weighted by molar-refractivity contribution is -0.138. The molecule has 116 valence electrons. The molecule has 1 heterocycles. The van der Waals surface area contributed by atoms with Gasteiger partial charge in [-0.1, -0.05) is 12.1 Å². The maximum absolute atomic E-state index is 11.3. The molecule has 2 rings (SSSR count). The number of carbonyl (C=O) groups excluding carboxylic acids is 1. The second kappa shape index (κ2) is 9.92. The van der Waals surface area contributed by atoms with Gasteiger partial charge in [0, 0.05) is 0 Å². The molecule has 1 aromatic carbocycles. The Labute approximate surface area is 127 Å². The van der Waals surface area contributed by atoms with Crippen LogP contribution >= 0.6 is 12.6 Å². The molecule has 0 saturated carbocycles. The van der Waals surface area contributed by atoms with E-state index in [9.17, 15) is 9.59 Å². The summed E-state index contributed by atoms with van der Waals surface area (Å²) in [7, 11) is 3.00. The van der Waals surface area contributed by atoms with E-state index in [1.165, 1.54) is 14.1 Å². The van der Waals surface area contributed by atoms with Crippen LogP contribution in [0.3, 0.4) is 0 Å². The van der Waals surface area contributed by atoms with Crippen LogP contribution in [0, 0.1) is 0 Å². The monoisotopic (exact) mass is 313 g/mol. The van der Waals surface area contributed by atoms with E-state index in [0.29, 0.717) is 11.1 Å². The Morgan fingerprint density at radius 2 is 1.86 bits per heavy atom. The molecule has 0 spiro atoms. The minimum Gasteiger partial charge on any atom is -0.481 e. The third-order valence-electron chi connectivity index (χ3n) is 2.29. The van der Waals surface area contributed by atoms with Gasteiger partial charge in [0.15, 0.2) is 10.7 Å². The van der Waals surface area contributed by atoms with E-state index < -0.39 is 17.0 Å². The van der Waals surface area contributed by atoms with E-state index in [4.69, 9.17) is 9.52 Å². The number of carboxylic acid groups (broad SMARTS) is 1. The van der Waals surface area contributed by atoms with Crippen LogP contribution in [0.15, 0.2) is 28.7 Å². The SMILES string of the molecule is CN.CN.O=C(O)CC(C(=O)S)c1nc2ccccc2o1. The number of benzene rings is 1. The molecule has 1 unspecified atom stereocenters. The predicted octanol–water partition coefficient (Wildman–Crippen LogP) is 0.992. The zero-order chi connectivity index (χ0) is 16.4. The molecule has 1 aromatic heterocycles. The first-order valence-corrected chi connectivity index (χ1v) is 6.48. The lowest BCUT2D eigenvalue weighted by Gasteiger charge is -2.04. The number of thiol groups is 1. The summed E-state index contributed by atoms with van der Waals surface area (Å²) in [5, 5.41) is 8.14. The van der Waals surface area contributed by atoms with Crippen LogP contribution in [0.2, 0.25) is 0 Å². The number of hydrogen-bond acceptors (Lipinski definition) is 6. The molecule has 8 heteroatoms. The normalized spacial score (nSPS) is 10.7. The summed E-state index contributed by atoms with van der Waals surface area (Å²) < 4.78 is 5.35. The smallest absolute Gasteiger partial charge is 0.304 e. The number of carbonyl (C=O) groups is 2. The summed E-state index contributed by atoms with van der Waals surface area (Å²) >= 11 is 3.66. The van der Waals surface area contributed by atoms with Crippen molar-refractivity contribution in [3.05, 3.63) is 30.2 Å². The maximum atomic E-state index is 11.3. The van der Waals surface area contributed by atoms with Crippen LogP contribution in [0.5, 0.6) is 0 Å². The lowest BCUT2D eigenvalue weighted by Crippen LogP contribution is -2.12. The number of nitrogens with two attached hydrogens (primary N) is 2. The van der Waals surface area contributed by atoms with Crippen molar-refractivity contribution < 1.29 is 19.1 Å². The topological polar surface area (TPSA) is 132 Å². The molecule has 0 aliphatic rings. The largest absolute Gasteiger partial charge is 0.481 e. The highest BCUT2D eigenvalue weighted by Crippen LogP contribution is 2.25. The van der Waals surface area contributed by atoms with Gasteiger partial charge in [0.1, 0.15) is 11.4 Å². The second-order valence-electron chi connectivity index (χ2n) is 3.51. The molecule has 0 aliphatic carbocycles. The number of carboxylic acids is 1. The Balaban J connectivity index is 0.000000921. The van der Waals surface area contributed by atoms with Crippen LogP contribution in [-0.2, 0) is 9.59 Å². The Morgan fingerprint density at radius 1 is 1.29 bits per heavy atom. The van der Waals surface area contributed by atoms with Crippen molar-refractivity contribution >= 4 is 34.8 Å². The van der Waals surface area contributed by atoms with Crippen LogP contribution in [0.4, 0.5) is 0 Å². The first-order valence-electron chi connectivity index (χ1n) is 6.03. The Kier molecular flexibility index (Phi) is 9.02. The van der Waals surface area contributed by atoms with Crippen molar-refractivity contribution in [3.8, 4) is 0 Å². The van der Waals surface area contributed by atoms with Crippen molar-refractivity contribution in [2.45, 2.75) is 12.3 Å². The van der Waals surface area contributed by atoms with Gasteiger partial charge in [-0.25, -0.2) is 4.98 Å². The van der Waals surface area contributed by atoms with Gasteiger partial charge >= 0.3 is 5.97 Å². The van der Waals surface area contributed by atoms with E-state index in [-0.39, 0.29) is 12.3 Å². The molecular formula is C13H19N3O4S. The number of hydrogen-bond donors (Lipinski definition) is 4. The number of nitrogens with zero attached hydrogens (tertiary/aromatic N) is 1. The molecule has 0 fully saturated rings. The molecule has 0 radical (unpaired) electrons. The molecule has 0 bridgehead atoms. The molecule has 21 heavy (non-hydrogen) atoms. The summed E-state index contributed by atoms with van der Waals surface area (Å²) in [5.74, 6) is -1.96. The van der Waals surface area contributed by atoms with Crippen LogP contribution in [0.25, 0.3) is 11.1 Å². The van der Waals surface area contributed by atoms with Gasteiger partial charge in [0.2, 0.25) is 5.89 Å². The lowest BCUT2D eigenvalue weighted by atomic mass is 10.1. The van der Waals surface area contributed by atoms with Crippen molar-refractivity contribution in [1.82, 2.24) is 4.98 Å². The van der Waals surface area contributed by atoms with Crippen molar-refractivity contribution in [2.75, 3.05) is 14.1 Å². The molecular weight excluding hydrogens is 294 g/mol. The minimum atomic E-state index is -1.10. The van der Waals surface area contributed by atoms with E-state index in [2.05, 4.69) is 29.1 Å². The molecule has 1 atom stereocenters. The van der Waals surface area contributed by atoms with Gasteiger partial charge in [0.25, 0.3) is 0 Å². The number of fused-ring (bicyclic) bond motifs is 1. The van der Waals surface area contributed by atoms with Crippen LogP contribution in [0.1, 0.15) is 18.2 Å². The first kappa shape index (κ1) is 19.1. The molecule has 7 nitrogen and oxygen atoms in total. The molecule has 2 aromatic rings. The zero-order valence-electron chi connectivity index (χ0n) is 11.8. The minimum absolute atomic E-state index is 0.0913. The Bertz CT molecular complexity index is 553. The molecule has 5 N–H and O–H groups in total. The van der Waals surface area contributed by atoms with Crippen molar-refractivity contribution in [2.24, 2.45) is 11.5 Å². The Hall–Kier alpha value is -1.90.